The van der Waals surface area contributed by atoms with Crippen LogP contribution in [0.2, 0.25) is 0 Å². The maximum Gasteiger partial charge on any atom is 0.265 e. The molecule has 1 aliphatic heterocycles. The van der Waals surface area contributed by atoms with Gasteiger partial charge in [0.1, 0.15) is 0 Å². The number of hydrogen-bond acceptors (Lipinski definition) is 4. The van der Waals surface area contributed by atoms with Crippen LogP contribution in [0.3, 0.4) is 0 Å². The summed E-state index contributed by atoms with van der Waals surface area (Å²) in [5.41, 5.74) is 1.02. The smallest absolute Gasteiger partial charge is 0.265 e. The van der Waals surface area contributed by atoms with Crippen molar-refractivity contribution in [3.63, 3.8) is 0 Å². The molecular formula is C29H41F2N3O4S. The lowest BCUT2D eigenvalue weighted by molar-refractivity contribution is 0.0696. The molecule has 216 valence electrons. The van der Waals surface area contributed by atoms with Crippen molar-refractivity contribution in [1.29, 1.82) is 0 Å². The van der Waals surface area contributed by atoms with Crippen LogP contribution in [0, 0.1) is 12.8 Å². The van der Waals surface area contributed by atoms with Gasteiger partial charge in [0.25, 0.3) is 12.3 Å². The summed E-state index contributed by atoms with van der Waals surface area (Å²) in [5.74, 6) is 0.242. The van der Waals surface area contributed by atoms with Crippen LogP contribution >= 0.6 is 0 Å². The van der Waals surface area contributed by atoms with Crippen molar-refractivity contribution in [2.24, 2.45) is 5.92 Å². The van der Waals surface area contributed by atoms with E-state index in [0.29, 0.717) is 42.5 Å². The second-order valence-electron chi connectivity index (χ2n) is 11.9. The van der Waals surface area contributed by atoms with Crippen molar-refractivity contribution in [2.75, 3.05) is 13.2 Å². The highest BCUT2D eigenvalue weighted by molar-refractivity contribution is 7.89. The molecule has 1 saturated carbocycles. The van der Waals surface area contributed by atoms with Crippen molar-refractivity contribution >= 4 is 15.9 Å². The maximum atomic E-state index is 14.3. The Bertz CT molecular complexity index is 1270. The molecule has 1 amide bonds. The van der Waals surface area contributed by atoms with Gasteiger partial charge in [0.15, 0.2) is 0 Å². The minimum absolute atomic E-state index is 0.0287. The van der Waals surface area contributed by atoms with Crippen LogP contribution < -0.4 is 10.0 Å². The number of halogens is 2. The Balaban J connectivity index is 1.75. The van der Waals surface area contributed by atoms with Gasteiger partial charge < -0.3 is 14.6 Å². The molecule has 0 unspecified atom stereocenters. The van der Waals surface area contributed by atoms with Crippen molar-refractivity contribution in [3.05, 3.63) is 41.1 Å². The number of hydrogen-bond donors (Lipinski definition) is 2. The number of sulfonamides is 1. The van der Waals surface area contributed by atoms with Gasteiger partial charge in [-0.05, 0) is 83.1 Å². The number of carbonyl (C=O) groups is 1. The van der Waals surface area contributed by atoms with E-state index in [1.165, 1.54) is 18.6 Å². The van der Waals surface area contributed by atoms with E-state index >= 15 is 0 Å². The van der Waals surface area contributed by atoms with Crippen LogP contribution in [-0.2, 0) is 21.3 Å². The Labute approximate surface area is 230 Å². The summed E-state index contributed by atoms with van der Waals surface area (Å²) in [7, 11) is -4.17. The van der Waals surface area contributed by atoms with Crippen LogP contribution in [0.5, 0.6) is 0 Å². The molecule has 2 heterocycles. The minimum Gasteiger partial charge on any atom is -0.381 e. The molecule has 39 heavy (non-hydrogen) atoms. The third-order valence-corrected chi connectivity index (χ3v) is 9.44. The van der Waals surface area contributed by atoms with E-state index in [0.717, 1.165) is 44.2 Å². The zero-order valence-corrected chi connectivity index (χ0v) is 24.2. The largest absolute Gasteiger partial charge is 0.381 e. The van der Waals surface area contributed by atoms with E-state index < -0.39 is 32.4 Å². The van der Waals surface area contributed by atoms with Gasteiger partial charge in [-0.2, -0.15) is 0 Å². The number of carbonyl (C=O) groups excluding carboxylic acids is 1. The molecule has 2 fully saturated rings. The first kappa shape index (κ1) is 29.7. The molecule has 7 nitrogen and oxygen atoms in total. The van der Waals surface area contributed by atoms with Crippen molar-refractivity contribution in [2.45, 2.75) is 102 Å². The third-order valence-electron chi connectivity index (χ3n) is 7.60. The lowest BCUT2D eigenvalue weighted by Gasteiger charge is -2.25. The number of nitrogens with one attached hydrogen (secondary N) is 2. The fourth-order valence-corrected chi connectivity index (χ4v) is 7.29. The molecule has 0 spiro atoms. The fourth-order valence-electron chi connectivity index (χ4n) is 5.66. The zero-order chi connectivity index (χ0) is 28.4. The molecule has 1 aromatic carbocycles. The average molecular weight is 566 g/mol. The topological polar surface area (TPSA) is 89.4 Å². The van der Waals surface area contributed by atoms with Gasteiger partial charge >= 0.3 is 0 Å². The van der Waals surface area contributed by atoms with Crippen molar-refractivity contribution < 1.29 is 26.7 Å². The van der Waals surface area contributed by atoms with Gasteiger partial charge in [-0.1, -0.05) is 25.3 Å². The fraction of sp³-hybridized carbons (Fsp3) is 0.621. The predicted molar refractivity (Wildman–Crippen MR) is 148 cm³/mol. The quantitative estimate of drug-likeness (QED) is 0.413. The normalized spacial score (nSPS) is 18.0. The summed E-state index contributed by atoms with van der Waals surface area (Å²) in [6, 6.07) is 5.86. The Morgan fingerprint density at radius 2 is 1.74 bits per heavy atom. The Hall–Kier alpha value is -2.30. The average Bonchev–Trinajstić information content (AvgIpc) is 3.19. The number of amides is 1. The van der Waals surface area contributed by atoms with Crippen molar-refractivity contribution in [1.82, 2.24) is 14.6 Å². The highest BCUT2D eigenvalue weighted by atomic mass is 32.2. The minimum atomic E-state index is -4.17. The zero-order valence-electron chi connectivity index (χ0n) is 23.4. The summed E-state index contributed by atoms with van der Waals surface area (Å²) in [6.45, 7) is 8.77. The second kappa shape index (κ2) is 12.1. The molecule has 0 radical (unpaired) electrons. The Morgan fingerprint density at radius 1 is 1.08 bits per heavy atom. The molecule has 4 rings (SSSR count). The Morgan fingerprint density at radius 3 is 2.36 bits per heavy atom. The molecule has 2 aromatic rings. The van der Waals surface area contributed by atoms with Gasteiger partial charge in [-0.25, -0.2) is 21.9 Å². The molecule has 1 aromatic heterocycles. The van der Waals surface area contributed by atoms with Gasteiger partial charge in [0, 0.05) is 48.3 Å². The molecule has 10 heteroatoms. The van der Waals surface area contributed by atoms with E-state index in [1.54, 1.807) is 32.9 Å². The SMILES string of the molecule is Cc1c(C(=O)NC2CCOCC2)cc(-c2ccc(S(=O)(=O)NC(C)(C)C)c(C(F)F)c2)n1CC1CCCCC1. The molecule has 2 aliphatic rings. The first-order chi connectivity index (χ1) is 18.4. The second-order valence-corrected chi connectivity index (χ2v) is 13.6. The highest BCUT2D eigenvalue weighted by Crippen LogP contribution is 2.35. The lowest BCUT2D eigenvalue weighted by atomic mass is 9.89. The van der Waals surface area contributed by atoms with Crippen LogP contribution in [0.25, 0.3) is 11.3 Å². The number of rotatable bonds is 8. The van der Waals surface area contributed by atoms with Gasteiger partial charge in [0.2, 0.25) is 10.0 Å². The standard InChI is InChI=1S/C29H41F2N3O4S/c1-19-23(28(35)32-22-12-14-38-15-13-22)17-25(34(19)18-20-8-6-5-7-9-20)21-10-11-26(24(16-21)27(30)31)39(36,37)33-29(2,3)4/h10-11,16-17,20,22,27,33H,5-9,12-15,18H2,1-4H3,(H,32,35). The molecular weight excluding hydrogens is 524 g/mol. The molecule has 0 atom stereocenters. The van der Waals surface area contributed by atoms with Gasteiger partial charge in [-0.15, -0.1) is 0 Å². The van der Waals surface area contributed by atoms with Crippen LogP contribution in [0.15, 0.2) is 29.2 Å². The summed E-state index contributed by atoms with van der Waals surface area (Å²) >= 11 is 0. The van der Waals surface area contributed by atoms with Gasteiger partial charge in [0.05, 0.1) is 10.5 Å². The summed E-state index contributed by atoms with van der Waals surface area (Å²) in [5, 5.41) is 3.11. The highest BCUT2D eigenvalue weighted by Gasteiger charge is 2.29. The van der Waals surface area contributed by atoms with E-state index in [1.807, 2.05) is 6.92 Å². The molecule has 1 aliphatic carbocycles. The molecule has 1 saturated heterocycles. The summed E-state index contributed by atoms with van der Waals surface area (Å²) in [4.78, 5) is 12.9. The number of alkyl halides is 2. The first-order valence-electron chi connectivity index (χ1n) is 13.9. The number of benzene rings is 1. The predicted octanol–water partition coefficient (Wildman–Crippen LogP) is 5.97. The number of aromatic nitrogens is 1. The van der Waals surface area contributed by atoms with Crippen LogP contribution in [-0.4, -0.2) is 43.7 Å². The Kier molecular flexibility index (Phi) is 9.18. The summed E-state index contributed by atoms with van der Waals surface area (Å²) < 4.78 is 64.4. The third kappa shape index (κ3) is 7.27. The number of ether oxygens (including phenoxy) is 1. The number of nitrogens with zero attached hydrogens (tertiary/aromatic N) is 1. The van der Waals surface area contributed by atoms with Crippen LogP contribution in [0.4, 0.5) is 8.78 Å². The van der Waals surface area contributed by atoms with Crippen LogP contribution in [0.1, 0.15) is 93.8 Å². The lowest BCUT2D eigenvalue weighted by Crippen LogP contribution is -2.40. The van der Waals surface area contributed by atoms with E-state index in [9.17, 15) is 22.0 Å². The van der Waals surface area contributed by atoms with Gasteiger partial charge in [-0.3, -0.25) is 4.79 Å². The molecule has 2 N–H and O–H groups in total. The monoisotopic (exact) mass is 565 g/mol. The maximum absolute atomic E-state index is 14.3. The molecule has 0 bridgehead atoms. The summed E-state index contributed by atoms with van der Waals surface area (Å²) in [6.07, 6.45) is 4.18. The van der Waals surface area contributed by atoms with E-state index in [2.05, 4.69) is 14.6 Å². The first-order valence-corrected chi connectivity index (χ1v) is 15.4. The van der Waals surface area contributed by atoms with E-state index in [-0.39, 0.29) is 11.9 Å². The van der Waals surface area contributed by atoms with Crippen molar-refractivity contribution in [3.8, 4) is 11.3 Å². The van der Waals surface area contributed by atoms with E-state index in [4.69, 9.17) is 4.74 Å².